The maximum atomic E-state index is 2.61. The Labute approximate surface area is 108 Å². The monoisotopic (exact) mass is 250 g/mol. The summed E-state index contributed by atoms with van der Waals surface area (Å²) in [5.74, 6) is 0. The summed E-state index contributed by atoms with van der Waals surface area (Å²) in [6.45, 7) is 7.59. The smallest absolute Gasteiger partial charge is 0.0245 e. The fourth-order valence-corrected chi connectivity index (χ4v) is 3.84. The van der Waals surface area contributed by atoms with Crippen LogP contribution in [0.2, 0.25) is 0 Å². The molecule has 0 aliphatic carbocycles. The molecule has 0 N–H and O–H groups in total. The van der Waals surface area contributed by atoms with Crippen LogP contribution in [0.5, 0.6) is 0 Å². The number of thiophene rings is 1. The van der Waals surface area contributed by atoms with E-state index in [4.69, 9.17) is 0 Å². The van der Waals surface area contributed by atoms with Gasteiger partial charge in [-0.1, -0.05) is 0 Å². The average molecular weight is 250 g/mol. The van der Waals surface area contributed by atoms with E-state index in [1.807, 2.05) is 11.3 Å². The normalized spacial score (nSPS) is 22.6. The first-order valence-corrected chi connectivity index (χ1v) is 7.85. The third kappa shape index (κ3) is 2.90. The second kappa shape index (κ2) is 5.51. The van der Waals surface area contributed by atoms with Crippen LogP contribution in [-0.4, -0.2) is 36.0 Å². The summed E-state index contributed by atoms with van der Waals surface area (Å²) < 4.78 is 0. The van der Waals surface area contributed by atoms with E-state index in [9.17, 15) is 0 Å². The lowest BCUT2D eigenvalue weighted by Gasteiger charge is -2.18. The number of nitrogens with zero attached hydrogens (tertiary/aromatic N) is 2. The van der Waals surface area contributed by atoms with Gasteiger partial charge in [0.15, 0.2) is 0 Å². The highest BCUT2D eigenvalue weighted by atomic mass is 32.1. The minimum atomic E-state index is 1.19. The van der Waals surface area contributed by atoms with E-state index < -0.39 is 0 Å². The molecule has 0 spiro atoms. The van der Waals surface area contributed by atoms with Gasteiger partial charge in [-0.25, -0.2) is 0 Å². The van der Waals surface area contributed by atoms with Gasteiger partial charge in [0.2, 0.25) is 0 Å². The van der Waals surface area contributed by atoms with Gasteiger partial charge >= 0.3 is 0 Å². The summed E-state index contributed by atoms with van der Waals surface area (Å²) in [6, 6.07) is 0. The lowest BCUT2D eigenvalue weighted by Crippen LogP contribution is -2.22. The van der Waals surface area contributed by atoms with Gasteiger partial charge in [0, 0.05) is 13.1 Å². The van der Waals surface area contributed by atoms with Crippen LogP contribution in [0.3, 0.4) is 0 Å². The maximum Gasteiger partial charge on any atom is 0.0245 e. The zero-order chi connectivity index (χ0) is 11.5. The summed E-state index contributed by atoms with van der Waals surface area (Å²) in [6.07, 6.45) is 5.58. The average Bonchev–Trinajstić information content (AvgIpc) is 3.04. The third-order valence-corrected chi connectivity index (χ3v) is 4.86. The van der Waals surface area contributed by atoms with Crippen molar-refractivity contribution < 1.29 is 0 Å². The van der Waals surface area contributed by atoms with Gasteiger partial charge < -0.3 is 0 Å². The van der Waals surface area contributed by atoms with Crippen molar-refractivity contribution in [3.8, 4) is 0 Å². The molecule has 0 atom stereocenters. The zero-order valence-corrected chi connectivity index (χ0v) is 11.3. The highest BCUT2D eigenvalue weighted by Gasteiger charge is 2.17. The lowest BCUT2D eigenvalue weighted by molar-refractivity contribution is 0.315. The summed E-state index contributed by atoms with van der Waals surface area (Å²) in [4.78, 5) is 5.21. The predicted octanol–water partition coefficient (Wildman–Crippen LogP) is 2.94. The molecular weight excluding hydrogens is 228 g/mol. The van der Waals surface area contributed by atoms with Crippen molar-refractivity contribution >= 4 is 11.3 Å². The van der Waals surface area contributed by atoms with E-state index in [2.05, 4.69) is 20.6 Å². The number of hydrogen-bond acceptors (Lipinski definition) is 3. The maximum absolute atomic E-state index is 2.61. The molecule has 1 aromatic heterocycles. The zero-order valence-electron chi connectivity index (χ0n) is 10.5. The molecule has 2 nitrogen and oxygen atoms in total. The molecule has 2 saturated heterocycles. The fourth-order valence-electron chi connectivity index (χ4n) is 2.99. The van der Waals surface area contributed by atoms with E-state index in [1.165, 1.54) is 65.0 Å². The number of likely N-dealkylation sites (tertiary alicyclic amines) is 2. The Balaban J connectivity index is 1.61. The summed E-state index contributed by atoms with van der Waals surface area (Å²) >= 11 is 1.88. The van der Waals surface area contributed by atoms with Crippen molar-refractivity contribution in [3.63, 3.8) is 0 Å². The molecule has 1 aromatic rings. The second-order valence-electron chi connectivity index (χ2n) is 5.39. The highest BCUT2D eigenvalue weighted by Crippen LogP contribution is 2.22. The van der Waals surface area contributed by atoms with Crippen LogP contribution in [0.1, 0.15) is 36.8 Å². The Morgan fingerprint density at radius 1 is 0.765 bits per heavy atom. The summed E-state index contributed by atoms with van der Waals surface area (Å²) in [7, 11) is 0. The Morgan fingerprint density at radius 3 is 1.59 bits per heavy atom. The quantitative estimate of drug-likeness (QED) is 0.810. The Kier molecular flexibility index (Phi) is 3.79. The number of hydrogen-bond donors (Lipinski definition) is 0. The van der Waals surface area contributed by atoms with Crippen LogP contribution in [0.4, 0.5) is 0 Å². The predicted molar refractivity (Wildman–Crippen MR) is 73.3 cm³/mol. The van der Waals surface area contributed by atoms with Gasteiger partial charge in [0.05, 0.1) is 0 Å². The molecule has 3 heterocycles. The molecule has 17 heavy (non-hydrogen) atoms. The molecule has 2 aliphatic heterocycles. The van der Waals surface area contributed by atoms with E-state index in [0.29, 0.717) is 0 Å². The first-order valence-electron chi connectivity index (χ1n) is 6.90. The molecule has 0 amide bonds. The molecule has 0 aromatic carbocycles. The van der Waals surface area contributed by atoms with Gasteiger partial charge in [-0.3, -0.25) is 9.80 Å². The molecule has 94 valence electrons. The van der Waals surface area contributed by atoms with E-state index in [-0.39, 0.29) is 0 Å². The van der Waals surface area contributed by atoms with Gasteiger partial charge in [0.1, 0.15) is 0 Å². The third-order valence-electron chi connectivity index (χ3n) is 4.02. The molecule has 0 unspecified atom stereocenters. The summed E-state index contributed by atoms with van der Waals surface area (Å²) in [5, 5.41) is 4.73. The Bertz CT molecular complexity index is 316. The fraction of sp³-hybridized carbons (Fsp3) is 0.714. The van der Waals surface area contributed by atoms with Crippen LogP contribution in [0, 0.1) is 0 Å². The van der Waals surface area contributed by atoms with Crippen LogP contribution in [0.15, 0.2) is 10.8 Å². The Morgan fingerprint density at radius 2 is 1.18 bits per heavy atom. The second-order valence-corrected chi connectivity index (χ2v) is 6.13. The van der Waals surface area contributed by atoms with Crippen LogP contribution in [-0.2, 0) is 13.1 Å². The summed E-state index contributed by atoms with van der Waals surface area (Å²) in [5.41, 5.74) is 3.17. The van der Waals surface area contributed by atoms with Crippen LogP contribution in [0.25, 0.3) is 0 Å². The molecule has 3 heteroatoms. The molecule has 2 fully saturated rings. The van der Waals surface area contributed by atoms with Crippen molar-refractivity contribution in [3.05, 3.63) is 21.9 Å². The van der Waals surface area contributed by atoms with Crippen LogP contribution < -0.4 is 0 Å². The van der Waals surface area contributed by atoms with Gasteiger partial charge in [-0.2, -0.15) is 11.3 Å². The number of rotatable bonds is 4. The van der Waals surface area contributed by atoms with Crippen LogP contribution >= 0.6 is 11.3 Å². The van der Waals surface area contributed by atoms with Crippen molar-refractivity contribution in [2.45, 2.75) is 38.8 Å². The van der Waals surface area contributed by atoms with Crippen molar-refractivity contribution in [1.29, 1.82) is 0 Å². The van der Waals surface area contributed by atoms with Crippen molar-refractivity contribution in [2.24, 2.45) is 0 Å². The van der Waals surface area contributed by atoms with Crippen molar-refractivity contribution in [2.75, 3.05) is 26.2 Å². The Hall–Kier alpha value is -0.380. The van der Waals surface area contributed by atoms with E-state index in [1.54, 1.807) is 11.1 Å². The van der Waals surface area contributed by atoms with E-state index in [0.717, 1.165) is 0 Å². The lowest BCUT2D eigenvalue weighted by atomic mass is 10.2. The van der Waals surface area contributed by atoms with Gasteiger partial charge in [0.25, 0.3) is 0 Å². The largest absolute Gasteiger partial charge is 0.299 e. The molecule has 2 aliphatic rings. The minimum Gasteiger partial charge on any atom is -0.299 e. The van der Waals surface area contributed by atoms with Gasteiger partial charge in [-0.15, -0.1) is 0 Å². The molecule has 0 bridgehead atoms. The molecule has 0 radical (unpaired) electrons. The SMILES string of the molecule is c1scc(CN2CCCC2)c1CN1CCCC1. The standard InChI is InChI=1S/C14H22N2S/c1-2-6-15(5-1)9-13-11-17-12-14(13)10-16-7-3-4-8-16/h11-12H,1-10H2. The highest BCUT2D eigenvalue weighted by molar-refractivity contribution is 7.08. The first-order chi connectivity index (χ1) is 8.42. The topological polar surface area (TPSA) is 6.48 Å². The molecular formula is C14H22N2S. The van der Waals surface area contributed by atoms with E-state index >= 15 is 0 Å². The minimum absolute atomic E-state index is 1.19. The first kappa shape index (κ1) is 11.7. The molecule has 3 rings (SSSR count). The van der Waals surface area contributed by atoms with Crippen molar-refractivity contribution in [1.82, 2.24) is 9.80 Å². The molecule has 0 saturated carbocycles. The van der Waals surface area contributed by atoms with Gasteiger partial charge in [-0.05, 0) is 73.7 Å².